The molecule has 0 aliphatic carbocycles. The van der Waals surface area contributed by atoms with E-state index in [4.69, 9.17) is 6.42 Å². The van der Waals surface area contributed by atoms with Crippen molar-refractivity contribution in [2.45, 2.75) is 32.7 Å². The SMILES string of the molecule is C#CCCCNC(C)c1ccc(C)cc1. The molecule has 0 saturated carbocycles. The number of unbranched alkanes of at least 4 members (excludes halogenated alkanes) is 1. The predicted octanol–water partition coefficient (Wildman–Crippen LogP) is 3.06. The van der Waals surface area contributed by atoms with E-state index < -0.39 is 0 Å². The van der Waals surface area contributed by atoms with E-state index in [1.807, 2.05) is 0 Å². The van der Waals surface area contributed by atoms with Gasteiger partial charge in [0.2, 0.25) is 0 Å². The van der Waals surface area contributed by atoms with Crippen LogP contribution in [-0.4, -0.2) is 6.54 Å². The van der Waals surface area contributed by atoms with Crippen molar-refractivity contribution in [3.63, 3.8) is 0 Å². The molecule has 80 valence electrons. The van der Waals surface area contributed by atoms with Gasteiger partial charge in [0.05, 0.1) is 0 Å². The topological polar surface area (TPSA) is 12.0 Å². The van der Waals surface area contributed by atoms with Gasteiger partial charge in [0.25, 0.3) is 0 Å². The van der Waals surface area contributed by atoms with Gasteiger partial charge in [-0.05, 0) is 32.4 Å². The van der Waals surface area contributed by atoms with Crippen molar-refractivity contribution in [1.82, 2.24) is 5.32 Å². The van der Waals surface area contributed by atoms with Crippen LogP contribution in [-0.2, 0) is 0 Å². The number of hydrogen-bond donors (Lipinski definition) is 1. The van der Waals surface area contributed by atoms with Gasteiger partial charge in [0.1, 0.15) is 0 Å². The Bertz CT molecular complexity index is 318. The highest BCUT2D eigenvalue weighted by atomic mass is 14.9. The van der Waals surface area contributed by atoms with Crippen LogP contribution in [0.25, 0.3) is 0 Å². The van der Waals surface area contributed by atoms with Crippen LogP contribution in [0.1, 0.15) is 36.9 Å². The Morgan fingerprint density at radius 1 is 1.33 bits per heavy atom. The second-order valence-corrected chi connectivity index (χ2v) is 3.89. The fraction of sp³-hybridized carbons (Fsp3) is 0.429. The van der Waals surface area contributed by atoms with E-state index in [2.05, 4.69) is 49.4 Å². The lowest BCUT2D eigenvalue weighted by atomic mass is 10.1. The molecule has 0 aromatic heterocycles. The van der Waals surface area contributed by atoms with Crippen LogP contribution in [0.4, 0.5) is 0 Å². The summed E-state index contributed by atoms with van der Waals surface area (Å²) in [6, 6.07) is 9.05. The standard InChI is InChI=1S/C14H19N/c1-4-5-6-11-15-13(3)14-9-7-12(2)8-10-14/h1,7-10,13,15H,5-6,11H2,2-3H3. The summed E-state index contributed by atoms with van der Waals surface area (Å²) >= 11 is 0. The first kappa shape index (κ1) is 11.8. The van der Waals surface area contributed by atoms with Gasteiger partial charge in [-0.1, -0.05) is 29.8 Å². The number of aryl methyl sites for hydroxylation is 1. The molecule has 0 bridgehead atoms. The molecule has 1 N–H and O–H groups in total. The van der Waals surface area contributed by atoms with Crippen molar-refractivity contribution in [3.8, 4) is 12.3 Å². The molecule has 0 saturated heterocycles. The van der Waals surface area contributed by atoms with Gasteiger partial charge in [-0.15, -0.1) is 12.3 Å². The van der Waals surface area contributed by atoms with E-state index in [9.17, 15) is 0 Å². The maximum absolute atomic E-state index is 5.20. The molecule has 1 aromatic carbocycles. The molecule has 1 aromatic rings. The molecule has 0 radical (unpaired) electrons. The third kappa shape index (κ3) is 4.18. The number of benzene rings is 1. The second kappa shape index (κ2) is 6.27. The van der Waals surface area contributed by atoms with E-state index in [0.29, 0.717) is 6.04 Å². The van der Waals surface area contributed by atoms with Crippen molar-refractivity contribution in [2.75, 3.05) is 6.54 Å². The van der Waals surface area contributed by atoms with Gasteiger partial charge in [0, 0.05) is 12.5 Å². The molecule has 0 aliphatic heterocycles. The van der Waals surface area contributed by atoms with E-state index in [1.165, 1.54) is 11.1 Å². The van der Waals surface area contributed by atoms with Crippen molar-refractivity contribution in [2.24, 2.45) is 0 Å². The smallest absolute Gasteiger partial charge is 0.0291 e. The van der Waals surface area contributed by atoms with Gasteiger partial charge < -0.3 is 5.32 Å². The highest BCUT2D eigenvalue weighted by Crippen LogP contribution is 2.12. The fourth-order valence-electron chi connectivity index (χ4n) is 1.48. The molecule has 0 amide bonds. The Morgan fingerprint density at radius 2 is 2.00 bits per heavy atom. The summed E-state index contributed by atoms with van der Waals surface area (Å²) in [5.41, 5.74) is 2.64. The summed E-state index contributed by atoms with van der Waals surface area (Å²) in [6.45, 7) is 5.27. The lowest BCUT2D eigenvalue weighted by molar-refractivity contribution is 0.562. The Balaban J connectivity index is 2.37. The molecule has 0 aliphatic rings. The van der Waals surface area contributed by atoms with Gasteiger partial charge in [-0.3, -0.25) is 0 Å². The first-order chi connectivity index (χ1) is 7.24. The maximum Gasteiger partial charge on any atom is 0.0291 e. The molecule has 1 atom stereocenters. The molecule has 1 rings (SSSR count). The lowest BCUT2D eigenvalue weighted by Gasteiger charge is -2.13. The average molecular weight is 201 g/mol. The monoisotopic (exact) mass is 201 g/mol. The van der Waals surface area contributed by atoms with Crippen molar-refractivity contribution < 1.29 is 0 Å². The Hall–Kier alpha value is -1.26. The summed E-state index contributed by atoms with van der Waals surface area (Å²) in [5, 5.41) is 3.46. The largest absolute Gasteiger partial charge is 0.310 e. The minimum Gasteiger partial charge on any atom is -0.310 e. The zero-order chi connectivity index (χ0) is 11.1. The quantitative estimate of drug-likeness (QED) is 0.570. The van der Waals surface area contributed by atoms with Gasteiger partial charge in [-0.25, -0.2) is 0 Å². The number of rotatable bonds is 5. The number of nitrogens with one attached hydrogen (secondary N) is 1. The first-order valence-electron chi connectivity index (χ1n) is 5.47. The van der Waals surface area contributed by atoms with Crippen LogP contribution < -0.4 is 5.32 Å². The minimum atomic E-state index is 0.406. The van der Waals surface area contributed by atoms with Crippen LogP contribution in [0.3, 0.4) is 0 Å². The molecule has 0 spiro atoms. The first-order valence-corrected chi connectivity index (χ1v) is 5.47. The highest BCUT2D eigenvalue weighted by Gasteiger charge is 2.02. The van der Waals surface area contributed by atoms with Crippen molar-refractivity contribution >= 4 is 0 Å². The minimum absolute atomic E-state index is 0.406. The summed E-state index contributed by atoms with van der Waals surface area (Å²) in [4.78, 5) is 0. The van der Waals surface area contributed by atoms with Gasteiger partial charge in [-0.2, -0.15) is 0 Å². The van der Waals surface area contributed by atoms with E-state index in [0.717, 1.165) is 19.4 Å². The third-order valence-corrected chi connectivity index (χ3v) is 2.53. The summed E-state index contributed by atoms with van der Waals surface area (Å²) < 4.78 is 0. The highest BCUT2D eigenvalue weighted by molar-refractivity contribution is 5.23. The zero-order valence-corrected chi connectivity index (χ0v) is 9.59. The molecule has 1 heteroatoms. The molecular weight excluding hydrogens is 182 g/mol. The van der Waals surface area contributed by atoms with Crippen molar-refractivity contribution in [3.05, 3.63) is 35.4 Å². The molecule has 0 fully saturated rings. The van der Waals surface area contributed by atoms with Crippen LogP contribution in [0.5, 0.6) is 0 Å². The summed E-state index contributed by atoms with van der Waals surface area (Å²) in [6.07, 6.45) is 7.10. The van der Waals surface area contributed by atoms with Crippen LogP contribution in [0, 0.1) is 19.3 Å². The normalized spacial score (nSPS) is 12.1. The van der Waals surface area contributed by atoms with Crippen molar-refractivity contribution in [1.29, 1.82) is 0 Å². The zero-order valence-electron chi connectivity index (χ0n) is 9.59. The maximum atomic E-state index is 5.20. The molecule has 15 heavy (non-hydrogen) atoms. The molecular formula is C14H19N. The lowest BCUT2D eigenvalue weighted by Crippen LogP contribution is -2.19. The van der Waals surface area contributed by atoms with Gasteiger partial charge >= 0.3 is 0 Å². The predicted molar refractivity (Wildman–Crippen MR) is 65.7 cm³/mol. The summed E-state index contributed by atoms with van der Waals surface area (Å²) in [7, 11) is 0. The fourth-order valence-corrected chi connectivity index (χ4v) is 1.48. The van der Waals surface area contributed by atoms with Crippen LogP contribution in [0.15, 0.2) is 24.3 Å². The Labute approximate surface area is 92.9 Å². The summed E-state index contributed by atoms with van der Waals surface area (Å²) in [5.74, 6) is 2.65. The van der Waals surface area contributed by atoms with Gasteiger partial charge in [0.15, 0.2) is 0 Å². The van der Waals surface area contributed by atoms with Crippen LogP contribution >= 0.6 is 0 Å². The molecule has 1 nitrogen and oxygen atoms in total. The van der Waals surface area contributed by atoms with E-state index in [-0.39, 0.29) is 0 Å². The average Bonchev–Trinajstić information content (AvgIpc) is 2.25. The molecule has 0 heterocycles. The molecule has 1 unspecified atom stereocenters. The van der Waals surface area contributed by atoms with E-state index >= 15 is 0 Å². The Kier molecular flexibility index (Phi) is 4.93. The number of hydrogen-bond acceptors (Lipinski definition) is 1. The third-order valence-electron chi connectivity index (χ3n) is 2.53. The number of terminal acetylenes is 1. The second-order valence-electron chi connectivity index (χ2n) is 3.89. The Morgan fingerprint density at radius 3 is 2.60 bits per heavy atom. The van der Waals surface area contributed by atoms with Crippen LogP contribution in [0.2, 0.25) is 0 Å². The van der Waals surface area contributed by atoms with E-state index in [1.54, 1.807) is 0 Å².